The van der Waals surface area contributed by atoms with Crippen molar-refractivity contribution in [3.05, 3.63) is 54.1 Å². The normalized spacial score (nSPS) is 30.7. The lowest BCUT2D eigenvalue weighted by atomic mass is 9.62. The lowest BCUT2D eigenvalue weighted by Gasteiger charge is -2.39. The number of carbonyl (C=O) groups excluding carboxylic acids is 3. The third kappa shape index (κ3) is 4.72. The predicted octanol–water partition coefficient (Wildman–Crippen LogP) is 4.37. The minimum Gasteiger partial charge on any atom is -0.394 e. The van der Waals surface area contributed by atoms with Crippen molar-refractivity contribution >= 4 is 35.0 Å². The average Bonchev–Trinajstić information content (AvgIpc) is 3.45. The fourth-order valence-electron chi connectivity index (χ4n) is 7.59. The van der Waals surface area contributed by atoms with Gasteiger partial charge in [-0.05, 0) is 50.7 Å². The standard InChI is InChI=1S/C32H44ClN3O5/c1-8-15-34(16-9-2)28(38)24-25-29(39)36(22(11-4)19-37)27(32(25)18-21(6)31(24,7)41-32)30(40)35(17-10-3)26-20(5)13-12-14-23(26)33/h8,10,12-14,21-22,24-25,27,37H,1,3,9,11,15-19H2,2,4-7H3/t21?,22-,24+,25-,27?,31-,32?/m0/s1. The second kappa shape index (κ2) is 11.9. The van der Waals surface area contributed by atoms with Gasteiger partial charge in [0.2, 0.25) is 11.8 Å². The van der Waals surface area contributed by atoms with Gasteiger partial charge in [0.1, 0.15) is 11.6 Å². The fraction of sp³-hybridized carbons (Fsp3) is 0.594. The number of ether oxygens (including phenoxy) is 1. The van der Waals surface area contributed by atoms with Crippen LogP contribution in [0.15, 0.2) is 43.5 Å². The Bertz CT molecular complexity index is 1200. The Morgan fingerprint density at radius 2 is 1.93 bits per heavy atom. The summed E-state index contributed by atoms with van der Waals surface area (Å²) in [7, 11) is 0. The molecular weight excluding hydrogens is 542 g/mol. The van der Waals surface area contributed by atoms with Gasteiger partial charge in [0, 0.05) is 19.6 Å². The van der Waals surface area contributed by atoms with Gasteiger partial charge < -0.3 is 24.5 Å². The van der Waals surface area contributed by atoms with Gasteiger partial charge in [-0.15, -0.1) is 13.2 Å². The minimum atomic E-state index is -1.23. The highest BCUT2D eigenvalue weighted by molar-refractivity contribution is 6.34. The van der Waals surface area contributed by atoms with Crippen molar-refractivity contribution in [2.45, 2.75) is 77.2 Å². The molecule has 7 atom stereocenters. The molecule has 9 heteroatoms. The first-order valence-corrected chi connectivity index (χ1v) is 15.1. The van der Waals surface area contributed by atoms with Crippen molar-refractivity contribution in [2.24, 2.45) is 17.8 Å². The van der Waals surface area contributed by atoms with Crippen molar-refractivity contribution < 1.29 is 24.2 Å². The first-order valence-electron chi connectivity index (χ1n) is 14.7. The smallest absolute Gasteiger partial charge is 0.253 e. The molecule has 2 bridgehead atoms. The molecule has 3 saturated heterocycles. The summed E-state index contributed by atoms with van der Waals surface area (Å²) >= 11 is 6.65. The zero-order valence-corrected chi connectivity index (χ0v) is 25.7. The highest BCUT2D eigenvalue weighted by Crippen LogP contribution is 2.66. The largest absolute Gasteiger partial charge is 0.394 e. The van der Waals surface area contributed by atoms with Gasteiger partial charge in [-0.25, -0.2) is 0 Å². The highest BCUT2D eigenvalue weighted by atomic mass is 35.5. The maximum absolute atomic E-state index is 14.8. The van der Waals surface area contributed by atoms with E-state index in [0.29, 0.717) is 36.6 Å². The number of likely N-dealkylation sites (tertiary alicyclic amines) is 1. The van der Waals surface area contributed by atoms with E-state index in [0.717, 1.165) is 12.0 Å². The number of aryl methyl sites for hydroxylation is 1. The Morgan fingerprint density at radius 1 is 1.24 bits per heavy atom. The van der Waals surface area contributed by atoms with E-state index in [9.17, 15) is 19.5 Å². The number of hydrogen-bond donors (Lipinski definition) is 1. The molecule has 4 rings (SSSR count). The summed E-state index contributed by atoms with van der Waals surface area (Å²) in [6, 6.07) is 3.77. The van der Waals surface area contributed by atoms with Crippen LogP contribution >= 0.6 is 11.6 Å². The Labute approximate surface area is 248 Å². The Hall–Kier alpha value is -2.68. The topological polar surface area (TPSA) is 90.4 Å². The van der Waals surface area contributed by atoms with E-state index in [4.69, 9.17) is 16.3 Å². The number of hydrogen-bond acceptors (Lipinski definition) is 5. The van der Waals surface area contributed by atoms with Crippen molar-refractivity contribution in [1.29, 1.82) is 0 Å². The molecule has 3 unspecified atom stereocenters. The molecule has 3 aliphatic heterocycles. The molecular formula is C32H44ClN3O5. The number of rotatable bonds is 12. The third-order valence-electron chi connectivity index (χ3n) is 9.52. The average molecular weight is 586 g/mol. The molecule has 1 aromatic carbocycles. The number of fused-ring (bicyclic) bond motifs is 1. The van der Waals surface area contributed by atoms with Crippen molar-refractivity contribution in [1.82, 2.24) is 9.80 Å². The Kier molecular flexibility index (Phi) is 9.07. The van der Waals surface area contributed by atoms with Crippen LogP contribution in [-0.2, 0) is 19.1 Å². The van der Waals surface area contributed by atoms with E-state index in [1.165, 1.54) is 4.90 Å². The van der Waals surface area contributed by atoms with Gasteiger partial charge in [-0.1, -0.05) is 56.7 Å². The van der Waals surface area contributed by atoms with Crippen LogP contribution in [0.5, 0.6) is 0 Å². The van der Waals surface area contributed by atoms with Gasteiger partial charge in [0.15, 0.2) is 0 Å². The van der Waals surface area contributed by atoms with E-state index < -0.39 is 35.1 Å². The molecule has 0 aliphatic carbocycles. The number of para-hydroxylation sites is 1. The number of carbonyl (C=O) groups is 3. The summed E-state index contributed by atoms with van der Waals surface area (Å²) in [6.45, 7) is 18.1. The maximum Gasteiger partial charge on any atom is 0.253 e. The number of aliphatic hydroxyl groups is 1. The molecule has 1 aromatic rings. The molecule has 0 radical (unpaired) electrons. The number of amides is 3. The van der Waals surface area contributed by atoms with Crippen LogP contribution in [0.2, 0.25) is 5.02 Å². The molecule has 3 amide bonds. The molecule has 3 aliphatic rings. The van der Waals surface area contributed by atoms with Crippen LogP contribution in [0.25, 0.3) is 0 Å². The number of benzene rings is 1. The summed E-state index contributed by atoms with van der Waals surface area (Å²) in [5.74, 6) is -2.54. The zero-order chi connectivity index (χ0) is 30.3. The van der Waals surface area contributed by atoms with Gasteiger partial charge in [0.05, 0.1) is 40.8 Å². The molecule has 3 fully saturated rings. The summed E-state index contributed by atoms with van der Waals surface area (Å²) in [4.78, 5) is 48.4. The van der Waals surface area contributed by atoms with E-state index >= 15 is 0 Å². The lowest BCUT2D eigenvalue weighted by molar-refractivity contribution is -0.153. The molecule has 3 heterocycles. The molecule has 1 N–H and O–H groups in total. The number of halogens is 1. The van der Waals surface area contributed by atoms with Crippen molar-refractivity contribution in [3.63, 3.8) is 0 Å². The predicted molar refractivity (Wildman–Crippen MR) is 161 cm³/mol. The SMILES string of the molecule is C=CCN(CCC)C(=O)[C@H]1[C@H]2C(=O)N([C@@H](CC)CO)C(C(=O)N(CC=C)c3c(C)cccc3Cl)C23CC(C)[C@]1(C)O3. The molecule has 0 saturated carbocycles. The lowest BCUT2D eigenvalue weighted by Crippen LogP contribution is -2.59. The third-order valence-corrected chi connectivity index (χ3v) is 9.82. The summed E-state index contributed by atoms with van der Waals surface area (Å²) in [6.07, 6.45) is 4.95. The monoisotopic (exact) mass is 585 g/mol. The number of anilines is 1. The second-order valence-electron chi connectivity index (χ2n) is 11.9. The van der Waals surface area contributed by atoms with Gasteiger partial charge in [-0.3, -0.25) is 14.4 Å². The van der Waals surface area contributed by atoms with Crippen LogP contribution < -0.4 is 4.90 Å². The van der Waals surface area contributed by atoms with Gasteiger partial charge in [-0.2, -0.15) is 0 Å². The zero-order valence-electron chi connectivity index (χ0n) is 24.9. The van der Waals surface area contributed by atoms with Crippen LogP contribution in [0, 0.1) is 24.7 Å². The van der Waals surface area contributed by atoms with E-state index in [-0.39, 0.29) is 36.8 Å². The number of aliphatic hydroxyl groups excluding tert-OH is 1. The van der Waals surface area contributed by atoms with Crippen LogP contribution in [0.4, 0.5) is 5.69 Å². The van der Waals surface area contributed by atoms with Crippen molar-refractivity contribution in [3.8, 4) is 0 Å². The second-order valence-corrected chi connectivity index (χ2v) is 12.3. The quantitative estimate of drug-likeness (QED) is 0.368. The summed E-state index contributed by atoms with van der Waals surface area (Å²) in [5, 5.41) is 10.8. The van der Waals surface area contributed by atoms with E-state index in [2.05, 4.69) is 13.2 Å². The Morgan fingerprint density at radius 3 is 2.49 bits per heavy atom. The van der Waals surface area contributed by atoms with Crippen LogP contribution in [0.3, 0.4) is 0 Å². The van der Waals surface area contributed by atoms with Gasteiger partial charge in [0.25, 0.3) is 5.91 Å². The molecule has 8 nitrogen and oxygen atoms in total. The Balaban J connectivity index is 1.91. The molecule has 41 heavy (non-hydrogen) atoms. The first-order chi connectivity index (χ1) is 19.5. The molecule has 224 valence electrons. The van der Waals surface area contributed by atoms with E-state index in [1.54, 1.807) is 28.0 Å². The van der Waals surface area contributed by atoms with Crippen LogP contribution in [-0.4, -0.2) is 82.2 Å². The molecule has 1 spiro atoms. The summed E-state index contributed by atoms with van der Waals surface area (Å²) < 4.78 is 6.90. The van der Waals surface area contributed by atoms with Crippen LogP contribution in [0.1, 0.15) is 52.5 Å². The van der Waals surface area contributed by atoms with E-state index in [1.807, 2.05) is 46.8 Å². The van der Waals surface area contributed by atoms with Gasteiger partial charge >= 0.3 is 0 Å². The number of nitrogens with zero attached hydrogens (tertiary/aromatic N) is 3. The highest BCUT2D eigenvalue weighted by Gasteiger charge is 2.80. The fourth-order valence-corrected chi connectivity index (χ4v) is 7.91. The molecule has 0 aromatic heterocycles. The van der Waals surface area contributed by atoms with Crippen molar-refractivity contribution in [2.75, 3.05) is 31.1 Å². The minimum absolute atomic E-state index is 0.0907. The summed E-state index contributed by atoms with van der Waals surface area (Å²) in [5.41, 5.74) is -0.814. The maximum atomic E-state index is 14.8. The first kappa shape index (κ1) is 31.3.